The van der Waals surface area contributed by atoms with Crippen molar-refractivity contribution in [2.75, 3.05) is 17.7 Å². The van der Waals surface area contributed by atoms with E-state index in [1.807, 2.05) is 0 Å². The lowest BCUT2D eigenvalue weighted by molar-refractivity contribution is 0.0697. The van der Waals surface area contributed by atoms with E-state index in [0.717, 1.165) is 5.69 Å². The summed E-state index contributed by atoms with van der Waals surface area (Å²) in [4.78, 5) is 18.8. The van der Waals surface area contributed by atoms with E-state index >= 15 is 0 Å². The molecule has 0 atom stereocenters. The summed E-state index contributed by atoms with van der Waals surface area (Å²) in [5.74, 6) is 0.396. The SMILES string of the molecule is CNc1cc(Nc2ccc(C(=O)O)cc2)ncn1. The molecule has 6 nitrogen and oxygen atoms in total. The van der Waals surface area contributed by atoms with Gasteiger partial charge in [-0.15, -0.1) is 0 Å². The fraction of sp³-hybridized carbons (Fsp3) is 0.0833. The molecule has 0 radical (unpaired) electrons. The van der Waals surface area contributed by atoms with E-state index in [-0.39, 0.29) is 5.56 Å². The Morgan fingerprint density at radius 3 is 2.44 bits per heavy atom. The van der Waals surface area contributed by atoms with Gasteiger partial charge in [-0.25, -0.2) is 14.8 Å². The van der Waals surface area contributed by atoms with Crippen LogP contribution in [0.5, 0.6) is 0 Å². The first-order valence-electron chi connectivity index (χ1n) is 5.29. The zero-order valence-electron chi connectivity index (χ0n) is 9.71. The first kappa shape index (κ1) is 11.8. The van der Waals surface area contributed by atoms with Gasteiger partial charge in [0.1, 0.15) is 18.0 Å². The molecule has 6 heteroatoms. The topological polar surface area (TPSA) is 87.1 Å². The molecule has 0 saturated carbocycles. The second-order valence-corrected chi connectivity index (χ2v) is 3.55. The van der Waals surface area contributed by atoms with Gasteiger partial charge in [-0.3, -0.25) is 0 Å². The van der Waals surface area contributed by atoms with Crippen LogP contribution in [0.15, 0.2) is 36.7 Å². The molecule has 18 heavy (non-hydrogen) atoms. The first-order valence-corrected chi connectivity index (χ1v) is 5.29. The minimum atomic E-state index is -0.943. The number of aromatic carboxylic acids is 1. The number of rotatable bonds is 4. The first-order chi connectivity index (χ1) is 8.69. The van der Waals surface area contributed by atoms with E-state index in [1.54, 1.807) is 25.2 Å². The number of hydrogen-bond donors (Lipinski definition) is 3. The molecule has 1 heterocycles. The van der Waals surface area contributed by atoms with Crippen molar-refractivity contribution < 1.29 is 9.90 Å². The second kappa shape index (κ2) is 5.13. The summed E-state index contributed by atoms with van der Waals surface area (Å²) in [7, 11) is 1.77. The molecule has 0 aliphatic heterocycles. The molecule has 0 saturated heterocycles. The van der Waals surface area contributed by atoms with Gasteiger partial charge in [0.15, 0.2) is 0 Å². The Balaban J connectivity index is 2.15. The lowest BCUT2D eigenvalue weighted by Gasteiger charge is -2.06. The monoisotopic (exact) mass is 244 g/mol. The van der Waals surface area contributed by atoms with Crippen LogP contribution in [-0.4, -0.2) is 28.1 Å². The maximum atomic E-state index is 10.7. The number of aromatic nitrogens is 2. The fourth-order valence-electron chi connectivity index (χ4n) is 1.41. The zero-order chi connectivity index (χ0) is 13.0. The summed E-state index contributed by atoms with van der Waals surface area (Å²) >= 11 is 0. The fourth-order valence-corrected chi connectivity index (χ4v) is 1.41. The third kappa shape index (κ3) is 2.73. The van der Waals surface area contributed by atoms with Gasteiger partial charge in [-0.05, 0) is 24.3 Å². The standard InChI is InChI=1S/C12H12N4O2/c1-13-10-6-11(15-7-14-10)16-9-4-2-8(3-5-9)12(17)18/h2-7H,1H3,(H,17,18)(H2,13,14,15,16). The molecule has 0 fully saturated rings. The molecule has 92 valence electrons. The minimum absolute atomic E-state index is 0.249. The number of carbonyl (C=O) groups is 1. The van der Waals surface area contributed by atoms with E-state index < -0.39 is 5.97 Å². The van der Waals surface area contributed by atoms with E-state index in [9.17, 15) is 4.79 Å². The van der Waals surface area contributed by atoms with Crippen LogP contribution in [0.4, 0.5) is 17.3 Å². The highest BCUT2D eigenvalue weighted by Crippen LogP contribution is 2.16. The van der Waals surface area contributed by atoms with E-state index in [0.29, 0.717) is 11.6 Å². The van der Waals surface area contributed by atoms with Gasteiger partial charge in [0.05, 0.1) is 5.56 Å². The van der Waals surface area contributed by atoms with Gasteiger partial charge in [-0.1, -0.05) is 0 Å². The molecule has 2 aromatic rings. The van der Waals surface area contributed by atoms with Crippen LogP contribution >= 0.6 is 0 Å². The van der Waals surface area contributed by atoms with E-state index in [4.69, 9.17) is 5.11 Å². The number of carboxylic acids is 1. The largest absolute Gasteiger partial charge is 0.478 e. The highest BCUT2D eigenvalue weighted by atomic mass is 16.4. The van der Waals surface area contributed by atoms with Crippen molar-refractivity contribution in [2.24, 2.45) is 0 Å². The Bertz CT molecular complexity index is 554. The summed E-state index contributed by atoms with van der Waals surface area (Å²) < 4.78 is 0. The molecule has 0 aliphatic rings. The van der Waals surface area contributed by atoms with Crippen LogP contribution < -0.4 is 10.6 Å². The molecular formula is C12H12N4O2. The van der Waals surface area contributed by atoms with Gasteiger partial charge in [0.2, 0.25) is 0 Å². The smallest absolute Gasteiger partial charge is 0.335 e. The van der Waals surface area contributed by atoms with Crippen LogP contribution in [0.1, 0.15) is 10.4 Å². The lowest BCUT2D eigenvalue weighted by atomic mass is 10.2. The molecule has 0 amide bonds. The summed E-state index contributed by atoms with van der Waals surface area (Å²) in [6, 6.07) is 8.19. The third-order valence-electron chi connectivity index (χ3n) is 2.33. The van der Waals surface area contributed by atoms with Crippen molar-refractivity contribution in [3.63, 3.8) is 0 Å². The van der Waals surface area contributed by atoms with Crippen LogP contribution in [0.2, 0.25) is 0 Å². The molecule has 3 N–H and O–H groups in total. The van der Waals surface area contributed by atoms with Crippen LogP contribution in [0, 0.1) is 0 Å². The highest BCUT2D eigenvalue weighted by Gasteiger charge is 2.02. The van der Waals surface area contributed by atoms with E-state index in [1.165, 1.54) is 18.5 Å². The van der Waals surface area contributed by atoms with Gasteiger partial charge < -0.3 is 15.7 Å². The van der Waals surface area contributed by atoms with Gasteiger partial charge in [0, 0.05) is 18.8 Å². The predicted octanol–water partition coefficient (Wildman–Crippen LogP) is 1.96. The number of nitrogens with zero attached hydrogens (tertiary/aromatic N) is 2. The Hall–Kier alpha value is -2.63. The molecule has 0 spiro atoms. The predicted molar refractivity (Wildman–Crippen MR) is 68.3 cm³/mol. The quantitative estimate of drug-likeness (QED) is 0.762. The highest BCUT2D eigenvalue weighted by molar-refractivity contribution is 5.88. The Kier molecular flexibility index (Phi) is 3.38. The summed E-state index contributed by atoms with van der Waals surface area (Å²) in [5.41, 5.74) is 1.01. The van der Waals surface area contributed by atoms with Crippen molar-refractivity contribution >= 4 is 23.3 Å². The van der Waals surface area contributed by atoms with Crippen molar-refractivity contribution in [2.45, 2.75) is 0 Å². The molecule has 1 aromatic carbocycles. The van der Waals surface area contributed by atoms with Crippen molar-refractivity contribution in [1.29, 1.82) is 0 Å². The molecule has 0 unspecified atom stereocenters. The van der Waals surface area contributed by atoms with Gasteiger partial charge in [-0.2, -0.15) is 0 Å². The lowest BCUT2D eigenvalue weighted by Crippen LogP contribution is -1.99. The maximum Gasteiger partial charge on any atom is 0.335 e. The normalized spacial score (nSPS) is 9.83. The third-order valence-corrected chi connectivity index (χ3v) is 2.33. The van der Waals surface area contributed by atoms with Gasteiger partial charge in [0.25, 0.3) is 0 Å². The van der Waals surface area contributed by atoms with Crippen molar-refractivity contribution in [1.82, 2.24) is 9.97 Å². The number of benzene rings is 1. The number of nitrogens with one attached hydrogen (secondary N) is 2. The molecule has 0 bridgehead atoms. The number of hydrogen-bond acceptors (Lipinski definition) is 5. The van der Waals surface area contributed by atoms with Crippen molar-refractivity contribution in [3.8, 4) is 0 Å². The average Bonchev–Trinajstić information content (AvgIpc) is 2.39. The Morgan fingerprint density at radius 1 is 1.17 bits per heavy atom. The number of carboxylic acid groups (broad SMARTS) is 1. The van der Waals surface area contributed by atoms with E-state index in [2.05, 4.69) is 20.6 Å². The average molecular weight is 244 g/mol. The Morgan fingerprint density at radius 2 is 1.83 bits per heavy atom. The Labute approximate surface area is 104 Å². The summed E-state index contributed by atoms with van der Waals surface area (Å²) in [5, 5.41) is 14.8. The summed E-state index contributed by atoms with van der Waals surface area (Å²) in [6.45, 7) is 0. The zero-order valence-corrected chi connectivity index (χ0v) is 9.71. The van der Waals surface area contributed by atoms with Crippen LogP contribution in [-0.2, 0) is 0 Å². The number of anilines is 3. The van der Waals surface area contributed by atoms with Crippen LogP contribution in [0.25, 0.3) is 0 Å². The molecule has 2 rings (SSSR count). The van der Waals surface area contributed by atoms with Gasteiger partial charge >= 0.3 is 5.97 Å². The van der Waals surface area contributed by atoms with Crippen LogP contribution in [0.3, 0.4) is 0 Å². The maximum absolute atomic E-state index is 10.7. The van der Waals surface area contributed by atoms with Crippen molar-refractivity contribution in [3.05, 3.63) is 42.2 Å². The minimum Gasteiger partial charge on any atom is -0.478 e. The molecule has 0 aliphatic carbocycles. The molecule has 1 aromatic heterocycles. The molecular weight excluding hydrogens is 232 g/mol. The summed E-state index contributed by atoms with van der Waals surface area (Å²) in [6.07, 6.45) is 1.44. The second-order valence-electron chi connectivity index (χ2n) is 3.55.